The van der Waals surface area contributed by atoms with Crippen molar-refractivity contribution >= 4 is 17.8 Å². The number of amides is 2. The third-order valence-corrected chi connectivity index (χ3v) is 5.09. The molecular weight excluding hydrogens is 356 g/mol. The largest absolute Gasteiger partial charge is 0.481 e. The van der Waals surface area contributed by atoms with Crippen LogP contribution >= 0.6 is 0 Å². The Labute approximate surface area is 165 Å². The van der Waals surface area contributed by atoms with E-state index in [1.54, 1.807) is 4.90 Å². The second-order valence-corrected chi connectivity index (χ2v) is 8.34. The van der Waals surface area contributed by atoms with Crippen LogP contribution in [0.4, 0.5) is 10.6 Å². The van der Waals surface area contributed by atoms with Gasteiger partial charge in [-0.25, -0.2) is 9.48 Å². The molecule has 1 aromatic carbocycles. The Morgan fingerprint density at radius 1 is 1.18 bits per heavy atom. The highest BCUT2D eigenvalue weighted by atomic mass is 16.4. The standard InChI is InChI=1S/C21H28N4O3/c1-21(2,3)17-13-18(25(23-17)14-15-7-5-4-6-8-15)22-20(28)24-11-9-16(10-12-24)19(26)27/h4-8,13,16H,9-12,14H2,1-3H3,(H,22,28)(H,26,27). The smallest absolute Gasteiger partial charge is 0.323 e. The van der Waals surface area contributed by atoms with Crippen LogP contribution in [0.15, 0.2) is 36.4 Å². The van der Waals surface area contributed by atoms with Gasteiger partial charge in [-0.3, -0.25) is 10.1 Å². The molecule has 0 radical (unpaired) electrons. The average Bonchev–Trinajstić information content (AvgIpc) is 3.05. The first-order chi connectivity index (χ1) is 13.2. The molecular formula is C21H28N4O3. The third kappa shape index (κ3) is 4.71. The van der Waals surface area contributed by atoms with Crippen molar-refractivity contribution in [2.45, 2.75) is 45.6 Å². The molecule has 1 saturated heterocycles. The SMILES string of the molecule is CC(C)(C)c1cc(NC(=O)N2CCC(C(=O)O)CC2)n(Cc2ccccc2)n1. The number of nitrogens with zero attached hydrogens (tertiary/aromatic N) is 3. The number of hydrogen-bond acceptors (Lipinski definition) is 3. The molecule has 2 N–H and O–H groups in total. The molecule has 7 heteroatoms. The normalized spacial score (nSPS) is 15.5. The first-order valence-electron chi connectivity index (χ1n) is 9.65. The number of benzene rings is 1. The lowest BCUT2D eigenvalue weighted by atomic mass is 9.92. The molecule has 3 rings (SSSR count). The fraction of sp³-hybridized carbons (Fsp3) is 0.476. The number of hydrogen-bond donors (Lipinski definition) is 2. The summed E-state index contributed by atoms with van der Waals surface area (Å²) < 4.78 is 1.82. The van der Waals surface area contributed by atoms with E-state index in [4.69, 9.17) is 10.2 Å². The average molecular weight is 384 g/mol. The summed E-state index contributed by atoms with van der Waals surface area (Å²) in [5.41, 5.74) is 1.87. The molecule has 0 unspecified atom stereocenters. The highest BCUT2D eigenvalue weighted by Crippen LogP contribution is 2.25. The van der Waals surface area contributed by atoms with Gasteiger partial charge in [-0.2, -0.15) is 5.10 Å². The van der Waals surface area contributed by atoms with E-state index >= 15 is 0 Å². The van der Waals surface area contributed by atoms with Gasteiger partial charge in [-0.1, -0.05) is 51.1 Å². The van der Waals surface area contributed by atoms with E-state index in [1.807, 2.05) is 41.1 Å². The Morgan fingerprint density at radius 2 is 1.82 bits per heavy atom. The Balaban J connectivity index is 1.75. The topological polar surface area (TPSA) is 87.5 Å². The summed E-state index contributed by atoms with van der Waals surface area (Å²) in [6.45, 7) is 7.72. The van der Waals surface area contributed by atoms with Crippen molar-refractivity contribution < 1.29 is 14.7 Å². The Kier molecular flexibility index (Phi) is 5.72. The zero-order valence-electron chi connectivity index (χ0n) is 16.7. The van der Waals surface area contributed by atoms with Gasteiger partial charge < -0.3 is 10.0 Å². The number of carbonyl (C=O) groups is 2. The lowest BCUT2D eigenvalue weighted by molar-refractivity contribution is -0.143. The molecule has 0 bridgehead atoms. The van der Waals surface area contributed by atoms with Crippen molar-refractivity contribution in [3.8, 4) is 0 Å². The zero-order valence-corrected chi connectivity index (χ0v) is 16.7. The van der Waals surface area contributed by atoms with Crippen LogP contribution in [0.1, 0.15) is 44.9 Å². The summed E-state index contributed by atoms with van der Waals surface area (Å²) in [7, 11) is 0. The zero-order chi connectivity index (χ0) is 20.3. The molecule has 2 heterocycles. The number of carboxylic acid groups (broad SMARTS) is 1. The third-order valence-electron chi connectivity index (χ3n) is 5.09. The van der Waals surface area contributed by atoms with Crippen LogP contribution in [-0.4, -0.2) is 44.9 Å². The van der Waals surface area contributed by atoms with Crippen LogP contribution in [0, 0.1) is 5.92 Å². The monoisotopic (exact) mass is 384 g/mol. The van der Waals surface area contributed by atoms with Gasteiger partial charge in [-0.05, 0) is 18.4 Å². The van der Waals surface area contributed by atoms with Gasteiger partial charge in [0.1, 0.15) is 5.82 Å². The Hall–Kier alpha value is -2.83. The number of anilines is 1. The molecule has 150 valence electrons. The van der Waals surface area contributed by atoms with Crippen molar-refractivity contribution in [3.05, 3.63) is 47.7 Å². The number of nitrogens with one attached hydrogen (secondary N) is 1. The second kappa shape index (κ2) is 8.04. The molecule has 0 saturated carbocycles. The molecule has 1 aliphatic rings. The highest BCUT2D eigenvalue weighted by Gasteiger charge is 2.28. The van der Waals surface area contributed by atoms with Gasteiger partial charge in [0.25, 0.3) is 0 Å². The van der Waals surface area contributed by atoms with Gasteiger partial charge in [0.2, 0.25) is 0 Å². The lowest BCUT2D eigenvalue weighted by Crippen LogP contribution is -2.42. The summed E-state index contributed by atoms with van der Waals surface area (Å²) in [4.78, 5) is 25.5. The van der Waals surface area contributed by atoms with E-state index in [0.29, 0.717) is 38.3 Å². The molecule has 1 fully saturated rings. The van der Waals surface area contributed by atoms with Crippen molar-refractivity contribution in [1.82, 2.24) is 14.7 Å². The molecule has 2 aromatic rings. The molecule has 0 spiro atoms. The van der Waals surface area contributed by atoms with Gasteiger partial charge in [0.05, 0.1) is 18.2 Å². The van der Waals surface area contributed by atoms with E-state index in [9.17, 15) is 9.59 Å². The second-order valence-electron chi connectivity index (χ2n) is 8.34. The maximum absolute atomic E-state index is 12.7. The molecule has 0 aliphatic carbocycles. The Bertz CT molecular complexity index is 831. The van der Waals surface area contributed by atoms with E-state index in [2.05, 4.69) is 26.1 Å². The van der Waals surface area contributed by atoms with Gasteiger partial charge >= 0.3 is 12.0 Å². The minimum Gasteiger partial charge on any atom is -0.481 e. The molecule has 7 nitrogen and oxygen atoms in total. The molecule has 28 heavy (non-hydrogen) atoms. The molecule has 1 aromatic heterocycles. The van der Waals surface area contributed by atoms with Crippen LogP contribution in [0.3, 0.4) is 0 Å². The maximum Gasteiger partial charge on any atom is 0.323 e. The number of rotatable bonds is 4. The van der Waals surface area contributed by atoms with Crippen LogP contribution in [0.5, 0.6) is 0 Å². The minimum absolute atomic E-state index is 0.138. The quantitative estimate of drug-likeness (QED) is 0.844. The van der Waals surface area contributed by atoms with E-state index in [1.165, 1.54) is 0 Å². The van der Waals surface area contributed by atoms with Crippen LogP contribution in [-0.2, 0) is 16.8 Å². The van der Waals surface area contributed by atoms with Crippen LogP contribution in [0.2, 0.25) is 0 Å². The van der Waals surface area contributed by atoms with Crippen molar-refractivity contribution in [2.75, 3.05) is 18.4 Å². The fourth-order valence-electron chi connectivity index (χ4n) is 3.28. The molecule has 2 amide bonds. The number of aliphatic carboxylic acids is 1. The van der Waals surface area contributed by atoms with Crippen LogP contribution < -0.4 is 5.32 Å². The number of piperidine rings is 1. The first kappa shape index (κ1) is 19.9. The lowest BCUT2D eigenvalue weighted by Gasteiger charge is -2.30. The summed E-state index contributed by atoms with van der Waals surface area (Å²) in [6, 6.07) is 11.7. The van der Waals surface area contributed by atoms with Gasteiger partial charge in [-0.15, -0.1) is 0 Å². The summed E-state index contributed by atoms with van der Waals surface area (Å²) in [6.07, 6.45) is 0.971. The van der Waals surface area contributed by atoms with Gasteiger partial charge in [0.15, 0.2) is 0 Å². The Morgan fingerprint density at radius 3 is 2.39 bits per heavy atom. The van der Waals surface area contributed by atoms with E-state index in [0.717, 1.165) is 11.3 Å². The van der Waals surface area contributed by atoms with Crippen molar-refractivity contribution in [1.29, 1.82) is 0 Å². The fourth-order valence-corrected chi connectivity index (χ4v) is 3.28. The van der Waals surface area contributed by atoms with E-state index in [-0.39, 0.29) is 17.4 Å². The molecule has 1 aliphatic heterocycles. The number of aromatic nitrogens is 2. The summed E-state index contributed by atoms with van der Waals surface area (Å²) in [5.74, 6) is -0.491. The molecule has 0 atom stereocenters. The van der Waals surface area contributed by atoms with Crippen molar-refractivity contribution in [2.24, 2.45) is 5.92 Å². The number of carbonyl (C=O) groups excluding carboxylic acids is 1. The summed E-state index contributed by atoms with van der Waals surface area (Å²) in [5, 5.41) is 16.8. The number of urea groups is 1. The van der Waals surface area contributed by atoms with Crippen molar-refractivity contribution in [3.63, 3.8) is 0 Å². The highest BCUT2D eigenvalue weighted by molar-refractivity contribution is 5.88. The van der Waals surface area contributed by atoms with Crippen LogP contribution in [0.25, 0.3) is 0 Å². The maximum atomic E-state index is 12.7. The predicted molar refractivity (Wildman–Crippen MR) is 107 cm³/mol. The summed E-state index contributed by atoms with van der Waals surface area (Å²) >= 11 is 0. The van der Waals surface area contributed by atoms with E-state index < -0.39 is 5.97 Å². The van der Waals surface area contributed by atoms with Gasteiger partial charge in [0, 0.05) is 24.6 Å². The number of likely N-dealkylation sites (tertiary alicyclic amines) is 1. The first-order valence-corrected chi connectivity index (χ1v) is 9.65. The number of carboxylic acids is 1. The minimum atomic E-state index is -0.782. The predicted octanol–water partition coefficient (Wildman–Crippen LogP) is 3.56.